The Morgan fingerprint density at radius 2 is 1.88 bits per heavy atom. The van der Waals surface area contributed by atoms with Gasteiger partial charge in [-0.1, -0.05) is 0 Å². The summed E-state index contributed by atoms with van der Waals surface area (Å²) in [5, 5.41) is 38.9. The minimum Gasteiger partial charge on any atom is -0.550 e. The first-order chi connectivity index (χ1) is 7.82. The number of ketones is 1. The number of aromatic hydroxyl groups is 2. The van der Waals surface area contributed by atoms with Crippen LogP contribution in [0.2, 0.25) is 0 Å². The fourth-order valence-corrected chi connectivity index (χ4v) is 1.14. The van der Waals surface area contributed by atoms with Gasteiger partial charge in [-0.2, -0.15) is 0 Å². The number of rotatable bonds is 4. The zero-order chi connectivity index (χ0) is 13.2. The topological polar surface area (TPSA) is 141 Å². The van der Waals surface area contributed by atoms with Crippen molar-refractivity contribution in [2.75, 3.05) is 0 Å². The van der Waals surface area contributed by atoms with Crippen LogP contribution in [-0.4, -0.2) is 26.9 Å². The minimum absolute atomic E-state index is 0.392. The van der Waals surface area contributed by atoms with Gasteiger partial charge in [-0.25, -0.2) is 0 Å². The number of hydrogen-bond donors (Lipinski definition) is 2. The summed E-state index contributed by atoms with van der Waals surface area (Å²) >= 11 is 0. The van der Waals surface area contributed by atoms with E-state index in [1.54, 1.807) is 0 Å². The van der Waals surface area contributed by atoms with E-state index < -0.39 is 45.8 Å². The lowest BCUT2D eigenvalue weighted by Gasteiger charge is -2.04. The molecule has 0 saturated heterocycles. The van der Waals surface area contributed by atoms with Crippen molar-refractivity contribution in [1.82, 2.24) is 0 Å². The monoisotopic (exact) mass is 240 g/mol. The molecule has 1 aromatic rings. The number of nitro groups is 1. The van der Waals surface area contributed by atoms with Crippen molar-refractivity contribution in [2.24, 2.45) is 0 Å². The number of hydrogen-bond acceptors (Lipinski definition) is 7. The van der Waals surface area contributed by atoms with Gasteiger partial charge < -0.3 is 20.1 Å². The Hall–Kier alpha value is -2.64. The molecule has 0 atom stereocenters. The second-order valence-corrected chi connectivity index (χ2v) is 3.09. The number of nitro benzene ring substituents is 1. The lowest BCUT2D eigenvalue weighted by Crippen LogP contribution is -2.25. The summed E-state index contributed by atoms with van der Waals surface area (Å²) in [4.78, 5) is 30.9. The Labute approximate surface area is 93.9 Å². The molecule has 0 spiro atoms. The molecule has 8 heteroatoms. The van der Waals surface area contributed by atoms with Crippen LogP contribution in [0.25, 0.3) is 0 Å². The first-order valence-electron chi connectivity index (χ1n) is 4.26. The van der Waals surface area contributed by atoms with E-state index in [0.717, 1.165) is 6.07 Å². The Morgan fingerprint density at radius 3 is 2.35 bits per heavy atom. The minimum atomic E-state index is -1.65. The predicted molar refractivity (Wildman–Crippen MR) is 50.4 cm³/mol. The number of aliphatic carboxylic acids is 1. The van der Waals surface area contributed by atoms with Crippen LogP contribution in [0, 0.1) is 10.1 Å². The van der Waals surface area contributed by atoms with Crippen LogP contribution in [0.1, 0.15) is 16.8 Å². The number of benzene rings is 1. The van der Waals surface area contributed by atoms with Crippen LogP contribution in [0.4, 0.5) is 5.69 Å². The SMILES string of the molecule is O=C([O-])CC(=O)c1cc(O)c(O)c([N+](=O)[O-])c1. The number of carboxylic acid groups (broad SMARTS) is 1. The number of phenols is 2. The van der Waals surface area contributed by atoms with Crippen molar-refractivity contribution in [2.45, 2.75) is 6.42 Å². The molecule has 8 nitrogen and oxygen atoms in total. The highest BCUT2D eigenvalue weighted by Crippen LogP contribution is 2.36. The van der Waals surface area contributed by atoms with Crippen molar-refractivity contribution in [3.05, 3.63) is 27.8 Å². The van der Waals surface area contributed by atoms with Gasteiger partial charge in [0.25, 0.3) is 0 Å². The molecule has 0 unspecified atom stereocenters. The third-order valence-electron chi connectivity index (χ3n) is 1.89. The van der Waals surface area contributed by atoms with Crippen molar-refractivity contribution < 1.29 is 29.8 Å². The maximum Gasteiger partial charge on any atom is 0.315 e. The van der Waals surface area contributed by atoms with E-state index in [1.165, 1.54) is 0 Å². The molecule has 0 aliphatic rings. The molecule has 0 amide bonds. The van der Waals surface area contributed by atoms with Gasteiger partial charge in [-0.3, -0.25) is 14.9 Å². The average Bonchev–Trinajstić information content (AvgIpc) is 2.20. The standard InChI is InChI=1S/C9H7NO7/c11-6(3-8(13)14)4-1-5(10(16)17)9(15)7(12)2-4/h1-2,12,15H,3H2,(H,13,14)/p-1. The molecular formula is C9H6NO7-. The molecule has 0 heterocycles. The molecule has 17 heavy (non-hydrogen) atoms. The number of nitrogens with zero attached hydrogens (tertiary/aromatic N) is 1. The quantitative estimate of drug-likeness (QED) is 0.233. The van der Waals surface area contributed by atoms with E-state index in [0.29, 0.717) is 6.07 Å². The summed E-state index contributed by atoms with van der Waals surface area (Å²) in [6.45, 7) is 0. The first-order valence-corrected chi connectivity index (χ1v) is 4.26. The van der Waals surface area contributed by atoms with Gasteiger partial charge in [0.2, 0.25) is 5.75 Å². The van der Waals surface area contributed by atoms with Gasteiger partial charge in [0, 0.05) is 17.6 Å². The predicted octanol–water partition coefficient (Wildman–Crippen LogP) is -0.671. The van der Waals surface area contributed by atoms with Gasteiger partial charge in [0.15, 0.2) is 11.5 Å². The highest BCUT2D eigenvalue weighted by atomic mass is 16.6. The van der Waals surface area contributed by atoms with Gasteiger partial charge in [-0.15, -0.1) is 0 Å². The Kier molecular flexibility index (Phi) is 3.27. The number of Topliss-reactive ketones (excluding diaryl/α,β-unsaturated/α-hetero) is 1. The van der Waals surface area contributed by atoms with E-state index in [2.05, 4.69) is 0 Å². The molecule has 0 saturated carbocycles. The lowest BCUT2D eigenvalue weighted by molar-refractivity contribution is -0.386. The summed E-state index contributed by atoms with van der Waals surface area (Å²) in [7, 11) is 0. The average molecular weight is 240 g/mol. The first kappa shape index (κ1) is 12.4. The Balaban J connectivity index is 3.23. The number of phenolic OH excluding ortho intramolecular Hbond substituents is 2. The van der Waals surface area contributed by atoms with Crippen molar-refractivity contribution >= 4 is 17.4 Å². The van der Waals surface area contributed by atoms with E-state index in [-0.39, 0.29) is 0 Å². The van der Waals surface area contributed by atoms with Crippen LogP contribution in [0.15, 0.2) is 12.1 Å². The van der Waals surface area contributed by atoms with Gasteiger partial charge in [-0.05, 0) is 6.07 Å². The molecule has 1 aromatic carbocycles. The molecule has 0 aliphatic carbocycles. The molecule has 2 N–H and O–H groups in total. The van der Waals surface area contributed by atoms with E-state index >= 15 is 0 Å². The summed E-state index contributed by atoms with van der Waals surface area (Å²) in [5.74, 6) is -4.48. The number of carbonyl (C=O) groups is 2. The largest absolute Gasteiger partial charge is 0.550 e. The Morgan fingerprint density at radius 1 is 1.29 bits per heavy atom. The van der Waals surface area contributed by atoms with Crippen LogP contribution in [0.3, 0.4) is 0 Å². The van der Waals surface area contributed by atoms with E-state index in [1.807, 2.05) is 0 Å². The van der Waals surface area contributed by atoms with Crippen LogP contribution in [0.5, 0.6) is 11.5 Å². The van der Waals surface area contributed by atoms with Crippen molar-refractivity contribution in [3.8, 4) is 11.5 Å². The zero-order valence-electron chi connectivity index (χ0n) is 8.24. The van der Waals surface area contributed by atoms with E-state index in [4.69, 9.17) is 10.2 Å². The summed E-state index contributed by atoms with van der Waals surface area (Å²) < 4.78 is 0. The van der Waals surface area contributed by atoms with Crippen LogP contribution >= 0.6 is 0 Å². The van der Waals surface area contributed by atoms with Gasteiger partial charge in [0.05, 0.1) is 11.3 Å². The second-order valence-electron chi connectivity index (χ2n) is 3.09. The summed E-state index contributed by atoms with van der Waals surface area (Å²) in [6.07, 6.45) is -0.971. The number of carbonyl (C=O) groups excluding carboxylic acids is 2. The maximum atomic E-state index is 11.3. The molecule has 0 aliphatic heterocycles. The lowest BCUT2D eigenvalue weighted by atomic mass is 10.1. The number of carboxylic acids is 1. The van der Waals surface area contributed by atoms with Gasteiger partial charge in [0.1, 0.15) is 0 Å². The van der Waals surface area contributed by atoms with Crippen LogP contribution < -0.4 is 5.11 Å². The molecule has 0 radical (unpaired) electrons. The summed E-state index contributed by atoms with van der Waals surface area (Å²) in [5.41, 5.74) is -1.28. The molecular weight excluding hydrogens is 234 g/mol. The molecule has 0 aromatic heterocycles. The molecule has 0 fully saturated rings. The third-order valence-corrected chi connectivity index (χ3v) is 1.89. The maximum absolute atomic E-state index is 11.3. The zero-order valence-corrected chi connectivity index (χ0v) is 8.24. The molecule has 0 bridgehead atoms. The molecule has 1 rings (SSSR count). The fourth-order valence-electron chi connectivity index (χ4n) is 1.14. The van der Waals surface area contributed by atoms with E-state index in [9.17, 15) is 24.8 Å². The van der Waals surface area contributed by atoms with Gasteiger partial charge >= 0.3 is 5.69 Å². The van der Waals surface area contributed by atoms with Crippen LogP contribution in [-0.2, 0) is 4.79 Å². The second kappa shape index (κ2) is 4.47. The van der Waals surface area contributed by atoms with Crippen molar-refractivity contribution in [3.63, 3.8) is 0 Å². The third kappa shape index (κ3) is 2.68. The summed E-state index contributed by atoms with van der Waals surface area (Å²) in [6, 6.07) is 1.42. The van der Waals surface area contributed by atoms with Crippen molar-refractivity contribution in [1.29, 1.82) is 0 Å². The smallest absolute Gasteiger partial charge is 0.315 e. The fraction of sp³-hybridized carbons (Fsp3) is 0.111. The normalized spacial score (nSPS) is 9.88. The highest BCUT2D eigenvalue weighted by molar-refractivity contribution is 6.05. The Bertz CT molecular complexity index is 508. The highest BCUT2D eigenvalue weighted by Gasteiger charge is 2.21. The molecule has 90 valence electrons.